The van der Waals surface area contributed by atoms with Crippen molar-refractivity contribution in [3.05, 3.63) is 83.7 Å². The predicted octanol–water partition coefficient (Wildman–Crippen LogP) is 5.04. The van der Waals surface area contributed by atoms with E-state index in [1.807, 2.05) is 48.8 Å². The Balaban J connectivity index is 1.60. The second kappa shape index (κ2) is 7.74. The van der Waals surface area contributed by atoms with Crippen molar-refractivity contribution in [1.82, 2.24) is 15.0 Å². The van der Waals surface area contributed by atoms with E-state index in [1.54, 1.807) is 6.33 Å². The van der Waals surface area contributed by atoms with Crippen molar-refractivity contribution in [2.45, 2.75) is 26.2 Å². The average molecular weight is 366 g/mol. The number of allylic oxidation sites excluding steroid dienone is 1. The summed E-state index contributed by atoms with van der Waals surface area (Å²) in [5.74, 6) is 1.37. The third kappa shape index (κ3) is 3.44. The second-order valence-corrected chi connectivity index (χ2v) is 7.49. The summed E-state index contributed by atoms with van der Waals surface area (Å²) in [6.07, 6.45) is 10.8. The van der Waals surface area contributed by atoms with Gasteiger partial charge in [-0.15, -0.1) is 0 Å². The molecule has 0 N–H and O–H groups in total. The van der Waals surface area contributed by atoms with Crippen LogP contribution in [0.15, 0.2) is 61.2 Å². The maximum atomic E-state index is 9.30. The zero-order chi connectivity index (χ0) is 19.5. The van der Waals surface area contributed by atoms with Crippen molar-refractivity contribution in [3.63, 3.8) is 0 Å². The van der Waals surface area contributed by atoms with Gasteiger partial charge in [0.25, 0.3) is 0 Å². The van der Waals surface area contributed by atoms with Crippen molar-refractivity contribution in [3.8, 4) is 17.2 Å². The molecule has 4 heteroatoms. The van der Waals surface area contributed by atoms with Crippen molar-refractivity contribution in [1.29, 1.82) is 5.26 Å². The molecule has 0 fully saturated rings. The number of nitrogens with zero attached hydrogens (tertiary/aromatic N) is 4. The molecule has 0 spiro atoms. The molecular weight excluding hydrogens is 344 g/mol. The molecule has 1 aliphatic carbocycles. The van der Waals surface area contributed by atoms with E-state index >= 15 is 0 Å². The Labute approximate surface area is 165 Å². The highest BCUT2D eigenvalue weighted by Crippen LogP contribution is 2.39. The molecule has 2 heterocycles. The van der Waals surface area contributed by atoms with Gasteiger partial charge in [0.1, 0.15) is 6.33 Å². The van der Waals surface area contributed by atoms with E-state index in [-0.39, 0.29) is 5.92 Å². The third-order valence-electron chi connectivity index (χ3n) is 5.76. The molecule has 4 rings (SSSR count). The maximum absolute atomic E-state index is 9.30. The first kappa shape index (κ1) is 18.1. The molecule has 1 aliphatic rings. The van der Waals surface area contributed by atoms with Crippen LogP contribution in [0.4, 0.5) is 0 Å². The van der Waals surface area contributed by atoms with Crippen molar-refractivity contribution in [2.24, 2.45) is 11.8 Å². The first-order chi connectivity index (χ1) is 13.7. The van der Waals surface area contributed by atoms with E-state index in [2.05, 4.69) is 47.0 Å². The van der Waals surface area contributed by atoms with Gasteiger partial charge in [0.05, 0.1) is 23.0 Å². The van der Waals surface area contributed by atoms with Crippen molar-refractivity contribution in [2.75, 3.05) is 0 Å². The largest absolute Gasteiger partial charge is 0.256 e. The zero-order valence-corrected chi connectivity index (χ0v) is 16.1. The minimum atomic E-state index is 0.266. The van der Waals surface area contributed by atoms with Gasteiger partial charge in [-0.25, -0.2) is 9.97 Å². The van der Waals surface area contributed by atoms with Gasteiger partial charge in [0, 0.05) is 29.4 Å². The minimum Gasteiger partial charge on any atom is -0.256 e. The van der Waals surface area contributed by atoms with Gasteiger partial charge in [0.15, 0.2) is 0 Å². The molecule has 0 unspecified atom stereocenters. The summed E-state index contributed by atoms with van der Waals surface area (Å²) in [4.78, 5) is 13.3. The molecular formula is C24H22N4. The van der Waals surface area contributed by atoms with E-state index in [0.717, 1.165) is 28.9 Å². The molecule has 0 radical (unpaired) electrons. The molecule has 0 saturated carbocycles. The number of pyridine rings is 1. The summed E-state index contributed by atoms with van der Waals surface area (Å²) < 4.78 is 0. The lowest BCUT2D eigenvalue weighted by Crippen LogP contribution is -2.26. The van der Waals surface area contributed by atoms with Crippen LogP contribution < -0.4 is 0 Å². The Morgan fingerprint density at radius 1 is 1.07 bits per heavy atom. The average Bonchev–Trinajstić information content (AvgIpc) is 2.74. The van der Waals surface area contributed by atoms with Crippen LogP contribution in [0.5, 0.6) is 0 Å². The number of hydrogen-bond acceptors (Lipinski definition) is 4. The summed E-state index contributed by atoms with van der Waals surface area (Å²) in [6.45, 7) is 4.58. The zero-order valence-electron chi connectivity index (χ0n) is 16.1. The van der Waals surface area contributed by atoms with Crippen LogP contribution in [0, 0.1) is 23.2 Å². The highest BCUT2D eigenvalue weighted by Gasteiger charge is 2.31. The molecule has 1 aromatic carbocycles. The summed E-state index contributed by atoms with van der Waals surface area (Å²) >= 11 is 0. The van der Waals surface area contributed by atoms with E-state index < -0.39 is 0 Å². The van der Waals surface area contributed by atoms with Gasteiger partial charge < -0.3 is 0 Å². The van der Waals surface area contributed by atoms with E-state index in [4.69, 9.17) is 0 Å². The van der Waals surface area contributed by atoms with Crippen LogP contribution in [0.2, 0.25) is 0 Å². The van der Waals surface area contributed by atoms with E-state index in [0.29, 0.717) is 17.4 Å². The number of aromatic nitrogens is 3. The first-order valence-corrected chi connectivity index (χ1v) is 9.60. The lowest BCUT2D eigenvalue weighted by Gasteiger charge is -2.33. The van der Waals surface area contributed by atoms with Crippen molar-refractivity contribution >= 4 is 6.08 Å². The maximum Gasteiger partial charge on any atom is 0.115 e. The molecule has 138 valence electrons. The molecule has 2 aromatic heterocycles. The number of benzene rings is 1. The third-order valence-corrected chi connectivity index (χ3v) is 5.76. The minimum absolute atomic E-state index is 0.266. The highest BCUT2D eigenvalue weighted by atomic mass is 14.8. The monoisotopic (exact) mass is 366 g/mol. The quantitative estimate of drug-likeness (QED) is 0.652. The van der Waals surface area contributed by atoms with Crippen LogP contribution in [-0.4, -0.2) is 15.0 Å². The Morgan fingerprint density at radius 2 is 1.93 bits per heavy atom. The van der Waals surface area contributed by atoms with Crippen molar-refractivity contribution < 1.29 is 0 Å². The number of rotatable bonds is 3. The fraction of sp³-hybridized carbons (Fsp3) is 0.250. The molecule has 0 bridgehead atoms. The predicted molar refractivity (Wildman–Crippen MR) is 110 cm³/mol. The fourth-order valence-corrected chi connectivity index (χ4v) is 3.93. The lowest BCUT2D eigenvalue weighted by molar-refractivity contribution is 0.326. The van der Waals surface area contributed by atoms with Gasteiger partial charge in [-0.1, -0.05) is 44.2 Å². The molecule has 0 aliphatic heterocycles. The Kier molecular flexibility index (Phi) is 4.99. The number of hydrogen-bond donors (Lipinski definition) is 0. The first-order valence-electron chi connectivity index (χ1n) is 9.60. The van der Waals surface area contributed by atoms with Gasteiger partial charge in [-0.2, -0.15) is 5.26 Å². The Morgan fingerprint density at radius 3 is 2.71 bits per heavy atom. The number of nitriles is 1. The van der Waals surface area contributed by atoms with Crippen LogP contribution in [0.25, 0.3) is 17.2 Å². The van der Waals surface area contributed by atoms with Crippen LogP contribution in [0.3, 0.4) is 0 Å². The van der Waals surface area contributed by atoms with Gasteiger partial charge >= 0.3 is 0 Å². The van der Waals surface area contributed by atoms with Crippen LogP contribution >= 0.6 is 0 Å². The lowest BCUT2D eigenvalue weighted by atomic mass is 9.73. The van der Waals surface area contributed by atoms with Crippen LogP contribution in [0.1, 0.15) is 42.3 Å². The summed E-state index contributed by atoms with van der Waals surface area (Å²) in [5, 5.41) is 9.30. The Bertz CT molecular complexity index is 1050. The SMILES string of the molecule is C[C@H]1[C@H](/C=C/c2ccc(-c3ccccc3C#N)cn2)c2ncncc2C[C@@H]1C. The van der Waals surface area contributed by atoms with Crippen LogP contribution in [-0.2, 0) is 6.42 Å². The Hall–Kier alpha value is -3.32. The molecule has 4 nitrogen and oxygen atoms in total. The molecule has 0 amide bonds. The summed E-state index contributed by atoms with van der Waals surface area (Å²) in [7, 11) is 0. The normalized spacial score (nSPS) is 21.2. The van der Waals surface area contributed by atoms with E-state index in [9.17, 15) is 5.26 Å². The smallest absolute Gasteiger partial charge is 0.115 e. The molecule has 3 atom stereocenters. The second-order valence-electron chi connectivity index (χ2n) is 7.49. The molecule has 28 heavy (non-hydrogen) atoms. The molecule has 0 saturated heterocycles. The van der Waals surface area contributed by atoms with E-state index in [1.165, 1.54) is 5.56 Å². The topological polar surface area (TPSA) is 62.5 Å². The van der Waals surface area contributed by atoms with Gasteiger partial charge in [-0.05, 0) is 42.0 Å². The fourth-order valence-electron chi connectivity index (χ4n) is 3.93. The number of fused-ring (bicyclic) bond motifs is 1. The summed E-state index contributed by atoms with van der Waals surface area (Å²) in [5.41, 5.74) is 5.81. The van der Waals surface area contributed by atoms with Gasteiger partial charge in [-0.3, -0.25) is 4.98 Å². The summed E-state index contributed by atoms with van der Waals surface area (Å²) in [6, 6.07) is 13.9. The standard InChI is InChI=1S/C24H22N4/c1-16-11-20-13-26-15-28-24(20)22(17(16)2)10-9-21-8-7-19(14-27-21)23-6-4-3-5-18(23)12-25/h3-10,13-17,22H,11H2,1-2H3/b10-9+/t16-,17+,22-/m0/s1. The molecule has 3 aromatic rings. The van der Waals surface area contributed by atoms with Gasteiger partial charge in [0.2, 0.25) is 0 Å². The highest BCUT2D eigenvalue weighted by molar-refractivity contribution is 5.70.